The number of anilines is 2. The van der Waals surface area contributed by atoms with Gasteiger partial charge in [0, 0.05) is 30.4 Å². The summed E-state index contributed by atoms with van der Waals surface area (Å²) >= 11 is 0. The largest absolute Gasteiger partial charge is 0.398 e. The number of aromatic nitrogens is 1. The molecule has 0 bridgehead atoms. The van der Waals surface area contributed by atoms with E-state index in [0.717, 1.165) is 29.7 Å². The minimum absolute atomic E-state index is 0.799. The van der Waals surface area contributed by atoms with Crippen molar-refractivity contribution in [2.45, 2.75) is 26.7 Å². The zero-order valence-electron chi connectivity index (χ0n) is 11.2. The molecule has 3 nitrogen and oxygen atoms in total. The van der Waals surface area contributed by atoms with Gasteiger partial charge < -0.3 is 10.6 Å². The summed E-state index contributed by atoms with van der Waals surface area (Å²) in [6, 6.07) is 8.04. The second-order valence-electron chi connectivity index (χ2n) is 4.51. The second-order valence-corrected chi connectivity index (χ2v) is 4.51. The molecule has 0 unspecified atom stereocenters. The molecule has 0 amide bonds. The summed E-state index contributed by atoms with van der Waals surface area (Å²) in [6.07, 6.45) is 4.24. The topological polar surface area (TPSA) is 42.1 Å². The molecule has 1 heterocycles. The number of nitrogens with zero attached hydrogens (tertiary/aromatic N) is 2. The van der Waals surface area contributed by atoms with E-state index < -0.39 is 0 Å². The van der Waals surface area contributed by atoms with Crippen LogP contribution in [0.4, 0.5) is 11.4 Å². The number of unbranched alkanes of at least 4 members (excludes halogenated alkanes) is 1. The molecule has 0 spiro atoms. The molecule has 0 atom stereocenters. The summed E-state index contributed by atoms with van der Waals surface area (Å²) in [5.74, 6) is 0. The molecule has 0 aliphatic rings. The van der Waals surface area contributed by atoms with Crippen molar-refractivity contribution < 1.29 is 0 Å². The fourth-order valence-electron chi connectivity index (χ4n) is 2.23. The Morgan fingerprint density at radius 2 is 2.06 bits per heavy atom. The van der Waals surface area contributed by atoms with E-state index in [-0.39, 0.29) is 0 Å². The van der Waals surface area contributed by atoms with Crippen LogP contribution in [0.25, 0.3) is 10.9 Å². The molecule has 1 aromatic heterocycles. The molecule has 0 saturated heterocycles. The first kappa shape index (κ1) is 12.7. The molecule has 0 radical (unpaired) electrons. The van der Waals surface area contributed by atoms with Crippen LogP contribution in [0.5, 0.6) is 0 Å². The summed E-state index contributed by atoms with van der Waals surface area (Å²) < 4.78 is 0. The highest BCUT2D eigenvalue weighted by Crippen LogP contribution is 2.29. The average molecular weight is 243 g/mol. The van der Waals surface area contributed by atoms with Crippen LogP contribution in [0.1, 0.15) is 26.7 Å². The van der Waals surface area contributed by atoms with Gasteiger partial charge >= 0.3 is 0 Å². The Hall–Kier alpha value is -1.77. The van der Waals surface area contributed by atoms with Crippen LogP contribution >= 0.6 is 0 Å². The molecule has 3 heteroatoms. The van der Waals surface area contributed by atoms with Crippen molar-refractivity contribution >= 4 is 22.3 Å². The summed E-state index contributed by atoms with van der Waals surface area (Å²) in [6.45, 7) is 6.46. The molecular formula is C15H21N3. The van der Waals surface area contributed by atoms with Crippen LogP contribution in [-0.4, -0.2) is 18.1 Å². The van der Waals surface area contributed by atoms with Crippen LogP contribution in [0, 0.1) is 0 Å². The lowest BCUT2D eigenvalue weighted by molar-refractivity contribution is 0.733. The predicted molar refractivity (Wildman–Crippen MR) is 79.0 cm³/mol. The third-order valence-corrected chi connectivity index (χ3v) is 3.29. The van der Waals surface area contributed by atoms with Crippen molar-refractivity contribution in [2.24, 2.45) is 0 Å². The van der Waals surface area contributed by atoms with Gasteiger partial charge in [-0.15, -0.1) is 0 Å². The summed E-state index contributed by atoms with van der Waals surface area (Å²) in [7, 11) is 0. The van der Waals surface area contributed by atoms with Crippen molar-refractivity contribution in [3.05, 3.63) is 30.5 Å². The number of nitrogen functional groups attached to an aromatic ring is 1. The Bertz CT molecular complexity index is 522. The maximum Gasteiger partial charge on any atom is 0.0955 e. The number of rotatable bonds is 5. The summed E-state index contributed by atoms with van der Waals surface area (Å²) in [4.78, 5) is 6.87. The minimum atomic E-state index is 0.799. The SMILES string of the molecule is CCCCN(CC)c1ccc(N)c2cccnc12. The van der Waals surface area contributed by atoms with Crippen molar-refractivity contribution in [3.63, 3.8) is 0 Å². The van der Waals surface area contributed by atoms with Crippen molar-refractivity contribution in [1.82, 2.24) is 4.98 Å². The number of nitrogens with two attached hydrogens (primary N) is 1. The zero-order chi connectivity index (χ0) is 13.0. The van der Waals surface area contributed by atoms with Crippen LogP contribution in [-0.2, 0) is 0 Å². The number of benzene rings is 1. The molecule has 2 aromatic rings. The quantitative estimate of drug-likeness (QED) is 0.818. The molecule has 1 aromatic carbocycles. The maximum atomic E-state index is 6.01. The van der Waals surface area contributed by atoms with Crippen molar-refractivity contribution in [2.75, 3.05) is 23.7 Å². The second kappa shape index (κ2) is 5.71. The average Bonchev–Trinajstić information content (AvgIpc) is 2.42. The number of fused-ring (bicyclic) bond motifs is 1. The monoisotopic (exact) mass is 243 g/mol. The smallest absolute Gasteiger partial charge is 0.0955 e. The molecule has 0 saturated carbocycles. The van der Waals surface area contributed by atoms with E-state index in [1.54, 1.807) is 0 Å². The van der Waals surface area contributed by atoms with E-state index in [0.29, 0.717) is 0 Å². The van der Waals surface area contributed by atoms with E-state index in [1.807, 2.05) is 24.4 Å². The van der Waals surface area contributed by atoms with E-state index in [4.69, 9.17) is 5.73 Å². The third kappa shape index (κ3) is 2.40. The van der Waals surface area contributed by atoms with Gasteiger partial charge in [0.25, 0.3) is 0 Å². The number of hydrogen-bond acceptors (Lipinski definition) is 3. The van der Waals surface area contributed by atoms with Gasteiger partial charge in [-0.2, -0.15) is 0 Å². The standard InChI is InChI=1S/C15H21N3/c1-3-5-11-18(4-2)14-9-8-13(16)12-7-6-10-17-15(12)14/h6-10H,3-5,11,16H2,1-2H3. The fourth-order valence-corrected chi connectivity index (χ4v) is 2.23. The lowest BCUT2D eigenvalue weighted by Crippen LogP contribution is -2.24. The van der Waals surface area contributed by atoms with E-state index in [1.165, 1.54) is 18.5 Å². The minimum Gasteiger partial charge on any atom is -0.398 e. The Kier molecular flexibility index (Phi) is 4.03. The van der Waals surface area contributed by atoms with Crippen LogP contribution in [0.3, 0.4) is 0 Å². The molecule has 0 aliphatic heterocycles. The Morgan fingerprint density at radius 3 is 2.78 bits per heavy atom. The highest BCUT2D eigenvalue weighted by molar-refractivity contribution is 5.98. The molecule has 2 N–H and O–H groups in total. The van der Waals surface area contributed by atoms with Gasteiger partial charge in [0.2, 0.25) is 0 Å². The van der Waals surface area contributed by atoms with Crippen LogP contribution in [0.15, 0.2) is 30.5 Å². The van der Waals surface area contributed by atoms with Crippen LogP contribution < -0.4 is 10.6 Å². The van der Waals surface area contributed by atoms with E-state index in [9.17, 15) is 0 Å². The first-order chi connectivity index (χ1) is 8.77. The van der Waals surface area contributed by atoms with Gasteiger partial charge in [0.1, 0.15) is 0 Å². The lowest BCUT2D eigenvalue weighted by atomic mass is 10.1. The molecule has 0 aliphatic carbocycles. The summed E-state index contributed by atoms with van der Waals surface area (Å²) in [5.41, 5.74) is 9.01. The Balaban J connectivity index is 2.46. The molecule has 18 heavy (non-hydrogen) atoms. The summed E-state index contributed by atoms with van der Waals surface area (Å²) in [5, 5.41) is 1.05. The molecular weight excluding hydrogens is 222 g/mol. The van der Waals surface area contributed by atoms with Crippen LogP contribution in [0.2, 0.25) is 0 Å². The molecule has 2 rings (SSSR count). The van der Waals surface area contributed by atoms with Crippen molar-refractivity contribution in [1.29, 1.82) is 0 Å². The van der Waals surface area contributed by atoms with Crippen molar-refractivity contribution in [3.8, 4) is 0 Å². The van der Waals surface area contributed by atoms with Gasteiger partial charge in [-0.25, -0.2) is 0 Å². The first-order valence-electron chi connectivity index (χ1n) is 6.66. The predicted octanol–water partition coefficient (Wildman–Crippen LogP) is 3.44. The van der Waals surface area contributed by atoms with E-state index in [2.05, 4.69) is 29.8 Å². The molecule has 0 fully saturated rings. The van der Waals surface area contributed by atoms with Gasteiger partial charge in [0.15, 0.2) is 0 Å². The highest BCUT2D eigenvalue weighted by atomic mass is 15.1. The Morgan fingerprint density at radius 1 is 1.22 bits per heavy atom. The number of hydrogen-bond donors (Lipinski definition) is 1. The molecule has 96 valence electrons. The Labute approximate surface area is 109 Å². The first-order valence-corrected chi connectivity index (χ1v) is 6.66. The van der Waals surface area contributed by atoms with E-state index >= 15 is 0 Å². The number of pyridine rings is 1. The third-order valence-electron chi connectivity index (χ3n) is 3.29. The van der Waals surface area contributed by atoms with Gasteiger partial charge in [-0.3, -0.25) is 4.98 Å². The highest BCUT2D eigenvalue weighted by Gasteiger charge is 2.10. The van der Waals surface area contributed by atoms with Gasteiger partial charge in [-0.1, -0.05) is 13.3 Å². The van der Waals surface area contributed by atoms with Gasteiger partial charge in [-0.05, 0) is 37.6 Å². The van der Waals surface area contributed by atoms with Gasteiger partial charge in [0.05, 0.1) is 11.2 Å². The normalized spacial score (nSPS) is 10.8. The fraction of sp³-hybridized carbons (Fsp3) is 0.400. The maximum absolute atomic E-state index is 6.01. The lowest BCUT2D eigenvalue weighted by Gasteiger charge is -2.24. The zero-order valence-corrected chi connectivity index (χ0v) is 11.2.